The van der Waals surface area contributed by atoms with E-state index in [0.717, 1.165) is 18.8 Å². The van der Waals surface area contributed by atoms with Gasteiger partial charge in [-0.05, 0) is 55.8 Å². The van der Waals surface area contributed by atoms with Gasteiger partial charge in [-0.25, -0.2) is 8.78 Å². The lowest BCUT2D eigenvalue weighted by molar-refractivity contribution is -0.144. The second-order valence-electron chi connectivity index (χ2n) is 10.1. The third-order valence-corrected chi connectivity index (χ3v) is 8.07. The minimum atomic E-state index is -2.27. The number of hydrogen-bond acceptors (Lipinski definition) is 1. The van der Waals surface area contributed by atoms with Crippen LogP contribution in [0.5, 0.6) is 0 Å². The molecule has 0 heterocycles. The van der Waals surface area contributed by atoms with Crippen molar-refractivity contribution in [2.24, 2.45) is 23.2 Å². The molecule has 0 aromatic carbocycles. The number of carbonyl (C=O) groups is 1. The van der Waals surface area contributed by atoms with Crippen LogP contribution in [-0.4, -0.2) is 17.5 Å². The Morgan fingerprint density at radius 1 is 0.897 bits per heavy atom. The van der Waals surface area contributed by atoms with Gasteiger partial charge in [-0.3, -0.25) is 4.79 Å². The van der Waals surface area contributed by atoms with Crippen molar-refractivity contribution in [1.82, 2.24) is 0 Å². The minimum Gasteiger partial charge on any atom is -0.481 e. The number of carboxylic acid groups (broad SMARTS) is 1. The van der Waals surface area contributed by atoms with E-state index in [4.69, 9.17) is 0 Å². The van der Waals surface area contributed by atoms with Crippen LogP contribution in [-0.2, 0) is 4.79 Å². The quantitative estimate of drug-likeness (QED) is 0.308. The molecule has 2 aliphatic carbocycles. The lowest BCUT2D eigenvalue weighted by atomic mass is 9.57. The summed E-state index contributed by atoms with van der Waals surface area (Å²) in [6.07, 6.45) is 16.9. The van der Waals surface area contributed by atoms with Crippen LogP contribution in [0.3, 0.4) is 0 Å². The van der Waals surface area contributed by atoms with E-state index in [-0.39, 0.29) is 17.8 Å². The zero-order valence-electron chi connectivity index (χ0n) is 18.6. The summed E-state index contributed by atoms with van der Waals surface area (Å²) in [4.78, 5) is 11.3. The number of rotatable bonds is 13. The molecule has 0 radical (unpaired) electrons. The van der Waals surface area contributed by atoms with Gasteiger partial charge >= 0.3 is 5.97 Å². The van der Waals surface area contributed by atoms with Crippen molar-refractivity contribution < 1.29 is 18.7 Å². The summed E-state index contributed by atoms with van der Waals surface area (Å²) in [5.74, 6) is 0.0928. The largest absolute Gasteiger partial charge is 0.481 e. The average molecular weight is 415 g/mol. The lowest BCUT2D eigenvalue weighted by Gasteiger charge is -2.47. The maximum atomic E-state index is 13.4. The van der Waals surface area contributed by atoms with E-state index in [9.17, 15) is 18.7 Å². The molecule has 2 saturated carbocycles. The van der Waals surface area contributed by atoms with Crippen LogP contribution in [0.2, 0.25) is 0 Å². The zero-order valence-corrected chi connectivity index (χ0v) is 18.6. The first-order valence-corrected chi connectivity index (χ1v) is 12.5. The van der Waals surface area contributed by atoms with Crippen molar-refractivity contribution >= 4 is 5.97 Å². The molecule has 0 bridgehead atoms. The smallest absolute Gasteiger partial charge is 0.306 e. The molecule has 2 rings (SSSR count). The predicted octanol–water partition coefficient (Wildman–Crippen LogP) is 8.24. The van der Waals surface area contributed by atoms with Crippen molar-refractivity contribution in [3.05, 3.63) is 0 Å². The fourth-order valence-corrected chi connectivity index (χ4v) is 6.16. The van der Waals surface area contributed by atoms with Gasteiger partial charge in [0, 0.05) is 6.42 Å². The summed E-state index contributed by atoms with van der Waals surface area (Å²) >= 11 is 0. The van der Waals surface area contributed by atoms with E-state index >= 15 is 0 Å². The Kier molecular flexibility index (Phi) is 10.9. The molecule has 0 atom stereocenters. The second-order valence-corrected chi connectivity index (χ2v) is 10.1. The Morgan fingerprint density at radius 2 is 1.45 bits per heavy atom. The Morgan fingerprint density at radius 3 is 1.97 bits per heavy atom. The van der Waals surface area contributed by atoms with E-state index in [2.05, 4.69) is 6.92 Å². The number of unbranched alkanes of at least 4 members (excludes halogenated alkanes) is 7. The molecular formula is C25H44F2O2. The maximum absolute atomic E-state index is 13.4. The number of carboxylic acids is 1. The van der Waals surface area contributed by atoms with Gasteiger partial charge in [-0.1, -0.05) is 77.6 Å². The molecule has 170 valence electrons. The highest BCUT2D eigenvalue weighted by Gasteiger charge is 2.45. The van der Waals surface area contributed by atoms with Crippen molar-refractivity contribution in [3.8, 4) is 0 Å². The third kappa shape index (κ3) is 8.17. The summed E-state index contributed by atoms with van der Waals surface area (Å²) < 4.78 is 26.7. The molecule has 29 heavy (non-hydrogen) atoms. The molecule has 2 aliphatic rings. The highest BCUT2D eigenvalue weighted by atomic mass is 19.3. The molecule has 2 nitrogen and oxygen atoms in total. The van der Waals surface area contributed by atoms with Gasteiger partial charge < -0.3 is 5.11 Å². The molecule has 2 fully saturated rings. The van der Waals surface area contributed by atoms with Crippen LogP contribution >= 0.6 is 0 Å². The molecular weight excluding hydrogens is 370 g/mol. The number of alkyl halides is 2. The van der Waals surface area contributed by atoms with E-state index in [0.29, 0.717) is 31.6 Å². The van der Waals surface area contributed by atoms with E-state index in [1.807, 2.05) is 0 Å². The summed E-state index contributed by atoms with van der Waals surface area (Å²) in [5, 5.41) is 9.26. The van der Waals surface area contributed by atoms with Crippen molar-refractivity contribution in [2.45, 2.75) is 129 Å². The van der Waals surface area contributed by atoms with Gasteiger partial charge in [0.15, 0.2) is 0 Å². The molecule has 0 saturated heterocycles. The summed E-state index contributed by atoms with van der Waals surface area (Å²) in [6, 6.07) is 0. The molecule has 0 aromatic heterocycles. The summed E-state index contributed by atoms with van der Waals surface area (Å²) in [7, 11) is 0. The van der Waals surface area contributed by atoms with E-state index in [1.165, 1.54) is 70.6 Å². The Hall–Kier alpha value is -0.670. The molecule has 0 aliphatic heterocycles. The normalized spacial score (nSPS) is 30.6. The minimum absolute atomic E-state index is 0.0211. The Bertz CT molecular complexity index is 450. The third-order valence-electron chi connectivity index (χ3n) is 8.07. The highest BCUT2D eigenvalue weighted by Crippen LogP contribution is 2.53. The van der Waals surface area contributed by atoms with E-state index < -0.39 is 12.4 Å². The van der Waals surface area contributed by atoms with Crippen LogP contribution in [0, 0.1) is 23.2 Å². The molecule has 0 spiro atoms. The fraction of sp³-hybridized carbons (Fsp3) is 0.960. The zero-order chi connectivity index (χ0) is 21.1. The van der Waals surface area contributed by atoms with Crippen molar-refractivity contribution in [2.75, 3.05) is 0 Å². The molecule has 4 heteroatoms. The van der Waals surface area contributed by atoms with Crippen LogP contribution < -0.4 is 0 Å². The lowest BCUT2D eigenvalue weighted by Crippen LogP contribution is -2.40. The van der Waals surface area contributed by atoms with Crippen molar-refractivity contribution in [3.63, 3.8) is 0 Å². The van der Waals surface area contributed by atoms with E-state index in [1.54, 1.807) is 0 Å². The van der Waals surface area contributed by atoms with Crippen molar-refractivity contribution in [1.29, 1.82) is 0 Å². The average Bonchev–Trinajstić information content (AvgIpc) is 2.70. The van der Waals surface area contributed by atoms with Gasteiger partial charge in [0.05, 0.1) is 5.92 Å². The molecule has 0 unspecified atom stereocenters. The van der Waals surface area contributed by atoms with Gasteiger partial charge in [-0.2, -0.15) is 0 Å². The molecule has 0 aromatic rings. The first-order chi connectivity index (χ1) is 14.0. The molecule has 0 amide bonds. The van der Waals surface area contributed by atoms with Gasteiger partial charge in [0.1, 0.15) is 0 Å². The maximum Gasteiger partial charge on any atom is 0.306 e. The standard InChI is InChI=1S/C25H44F2O2/c1-2-3-4-5-6-7-8-9-10-20-11-13-22(14-12-20)25(19-23(26)27)17-15-21(16-18-25)24(28)29/h20-23H,2-19H2,1H3,(H,28,29). The monoisotopic (exact) mass is 414 g/mol. The van der Waals surface area contributed by atoms with Crippen LogP contribution in [0.15, 0.2) is 0 Å². The number of hydrogen-bond donors (Lipinski definition) is 1. The summed E-state index contributed by atoms with van der Waals surface area (Å²) in [6.45, 7) is 2.26. The first-order valence-electron chi connectivity index (χ1n) is 12.5. The van der Waals surface area contributed by atoms with Crippen LogP contribution in [0.1, 0.15) is 122 Å². The predicted molar refractivity (Wildman–Crippen MR) is 115 cm³/mol. The SMILES string of the molecule is CCCCCCCCCCC1CCC(C2(CC(F)F)CCC(C(=O)O)CC2)CC1. The highest BCUT2D eigenvalue weighted by molar-refractivity contribution is 5.70. The van der Waals surface area contributed by atoms with Crippen LogP contribution in [0.4, 0.5) is 8.78 Å². The van der Waals surface area contributed by atoms with Crippen LogP contribution in [0.25, 0.3) is 0 Å². The number of halogens is 2. The Balaban J connectivity index is 1.69. The van der Waals surface area contributed by atoms with Gasteiger partial charge in [-0.15, -0.1) is 0 Å². The first kappa shape index (κ1) is 24.6. The number of aliphatic carboxylic acids is 1. The second kappa shape index (κ2) is 12.9. The molecule has 1 N–H and O–H groups in total. The topological polar surface area (TPSA) is 37.3 Å². The summed E-state index contributed by atoms with van der Waals surface area (Å²) in [5.41, 5.74) is -0.302. The Labute approximate surface area is 177 Å². The fourth-order valence-electron chi connectivity index (χ4n) is 6.16. The van der Waals surface area contributed by atoms with Gasteiger partial charge in [0.2, 0.25) is 6.43 Å². The van der Waals surface area contributed by atoms with Gasteiger partial charge in [0.25, 0.3) is 0 Å².